The van der Waals surface area contributed by atoms with E-state index in [1.54, 1.807) is 0 Å². The van der Waals surface area contributed by atoms with Gasteiger partial charge in [-0.25, -0.2) is 4.98 Å². The van der Waals surface area contributed by atoms with Crippen LogP contribution in [0.4, 0.5) is 17.1 Å². The molecular weight excluding hydrogens is 641 g/mol. The lowest BCUT2D eigenvalue weighted by Crippen LogP contribution is -2.10. The van der Waals surface area contributed by atoms with Crippen molar-refractivity contribution in [2.75, 3.05) is 4.90 Å². The highest BCUT2D eigenvalue weighted by Gasteiger charge is 2.22. The average Bonchev–Trinajstić information content (AvgIpc) is 3.92. The van der Waals surface area contributed by atoms with Gasteiger partial charge in [-0.3, -0.25) is 0 Å². The lowest BCUT2D eigenvalue weighted by Gasteiger charge is -2.26. The van der Waals surface area contributed by atoms with Gasteiger partial charge in [0.1, 0.15) is 22.3 Å². The number of oxazole rings is 1. The Kier molecular flexibility index (Phi) is 6.18. The van der Waals surface area contributed by atoms with Crippen LogP contribution in [-0.4, -0.2) is 4.98 Å². The highest BCUT2D eigenvalue weighted by atomic mass is 16.4. The summed E-state index contributed by atoms with van der Waals surface area (Å²) in [6.45, 7) is 0. The fraction of sp³-hybridized carbons (Fsp3) is 0. The fourth-order valence-electron chi connectivity index (χ4n) is 7.64. The Bertz CT molecular complexity index is 3120. The number of para-hydroxylation sites is 4. The molecule has 244 valence electrons. The normalized spacial score (nSPS) is 11.8. The molecule has 5 nitrogen and oxygen atoms in total. The van der Waals surface area contributed by atoms with Crippen molar-refractivity contribution in [3.05, 3.63) is 170 Å². The molecular formula is C47H28N2O3. The molecule has 0 saturated heterocycles. The van der Waals surface area contributed by atoms with Crippen LogP contribution in [0.2, 0.25) is 0 Å². The Hall–Kier alpha value is -7.11. The summed E-state index contributed by atoms with van der Waals surface area (Å²) in [6, 6.07) is 58.7. The summed E-state index contributed by atoms with van der Waals surface area (Å²) >= 11 is 0. The van der Waals surface area contributed by atoms with Crippen molar-refractivity contribution >= 4 is 82.8 Å². The molecule has 8 aromatic carbocycles. The van der Waals surface area contributed by atoms with E-state index >= 15 is 0 Å². The molecule has 0 unspecified atom stereocenters. The summed E-state index contributed by atoms with van der Waals surface area (Å²) in [4.78, 5) is 7.09. The first-order valence-electron chi connectivity index (χ1n) is 17.4. The van der Waals surface area contributed by atoms with Gasteiger partial charge in [-0.05, 0) is 88.6 Å². The van der Waals surface area contributed by atoms with Crippen LogP contribution in [0.25, 0.3) is 88.3 Å². The van der Waals surface area contributed by atoms with Crippen LogP contribution < -0.4 is 4.90 Å². The van der Waals surface area contributed by atoms with Gasteiger partial charge >= 0.3 is 0 Å². The average molecular weight is 669 g/mol. The van der Waals surface area contributed by atoms with E-state index in [9.17, 15) is 0 Å². The van der Waals surface area contributed by atoms with Crippen LogP contribution in [0.1, 0.15) is 0 Å². The second-order valence-electron chi connectivity index (χ2n) is 13.1. The van der Waals surface area contributed by atoms with Gasteiger partial charge in [0.05, 0.1) is 11.4 Å². The standard InChI is InChI=1S/C47H28N2O3/c1-2-10-29(11-3-1)31-21-20-30-22-23-33(27-32(30)26-31)49(40-16-8-13-36-35-12-4-6-17-41(35)51-46(36)40)34-24-25-37-44(28-34)50-43-19-9-14-38(45(37)43)47-48-39-15-5-7-18-42(39)52-47/h1-28H. The first kappa shape index (κ1) is 28.7. The van der Waals surface area contributed by atoms with Crippen LogP contribution in [0.15, 0.2) is 183 Å². The third-order valence-electron chi connectivity index (χ3n) is 10.1. The quantitative estimate of drug-likeness (QED) is 0.183. The monoisotopic (exact) mass is 668 g/mol. The summed E-state index contributed by atoms with van der Waals surface area (Å²) < 4.78 is 19.4. The van der Waals surface area contributed by atoms with Gasteiger partial charge in [0.2, 0.25) is 5.89 Å². The SMILES string of the molecule is c1ccc(-c2ccc3ccc(N(c4ccc5c(c4)oc4cccc(-c6nc7ccccc7o6)c45)c4cccc5c4oc4ccccc45)cc3c2)cc1. The van der Waals surface area contributed by atoms with Crippen LogP contribution in [0, 0.1) is 0 Å². The van der Waals surface area contributed by atoms with Crippen molar-refractivity contribution in [3.63, 3.8) is 0 Å². The van der Waals surface area contributed by atoms with E-state index in [1.807, 2.05) is 54.6 Å². The number of hydrogen-bond acceptors (Lipinski definition) is 5. The molecule has 52 heavy (non-hydrogen) atoms. The summed E-state index contributed by atoms with van der Waals surface area (Å²) in [6.07, 6.45) is 0. The zero-order valence-corrected chi connectivity index (χ0v) is 27.8. The molecule has 3 aromatic heterocycles. The molecule has 0 amide bonds. The van der Waals surface area contributed by atoms with Gasteiger partial charge in [0, 0.05) is 38.9 Å². The molecule has 3 heterocycles. The second-order valence-corrected chi connectivity index (χ2v) is 13.1. The Balaban J connectivity index is 1.13. The molecule has 5 heteroatoms. The van der Waals surface area contributed by atoms with Crippen LogP contribution in [-0.2, 0) is 0 Å². The van der Waals surface area contributed by atoms with Gasteiger partial charge in [-0.15, -0.1) is 0 Å². The predicted octanol–water partition coefficient (Wildman–Crippen LogP) is 13.6. The summed E-state index contributed by atoms with van der Waals surface area (Å²) in [7, 11) is 0. The van der Waals surface area contributed by atoms with E-state index in [2.05, 4.69) is 120 Å². The number of rotatable bonds is 5. The maximum Gasteiger partial charge on any atom is 0.228 e. The van der Waals surface area contributed by atoms with Gasteiger partial charge < -0.3 is 18.2 Å². The summed E-state index contributed by atoms with van der Waals surface area (Å²) in [5.41, 5.74) is 11.0. The number of anilines is 3. The van der Waals surface area contributed by atoms with Crippen molar-refractivity contribution in [3.8, 4) is 22.6 Å². The van der Waals surface area contributed by atoms with E-state index in [1.165, 1.54) is 16.5 Å². The number of furan rings is 2. The zero-order chi connectivity index (χ0) is 34.2. The van der Waals surface area contributed by atoms with Crippen molar-refractivity contribution in [2.45, 2.75) is 0 Å². The Morgan fingerprint density at radius 2 is 1.17 bits per heavy atom. The van der Waals surface area contributed by atoms with Gasteiger partial charge in [0.15, 0.2) is 11.2 Å². The van der Waals surface area contributed by atoms with E-state index in [0.29, 0.717) is 5.89 Å². The third-order valence-corrected chi connectivity index (χ3v) is 10.1. The van der Waals surface area contributed by atoms with Crippen molar-refractivity contribution in [1.82, 2.24) is 4.98 Å². The smallest absolute Gasteiger partial charge is 0.228 e. The maximum absolute atomic E-state index is 6.61. The van der Waals surface area contributed by atoms with Crippen LogP contribution >= 0.6 is 0 Å². The van der Waals surface area contributed by atoms with E-state index in [0.717, 1.165) is 83.0 Å². The van der Waals surface area contributed by atoms with Crippen LogP contribution in [0.3, 0.4) is 0 Å². The van der Waals surface area contributed by atoms with Crippen molar-refractivity contribution in [1.29, 1.82) is 0 Å². The van der Waals surface area contributed by atoms with Crippen molar-refractivity contribution in [2.24, 2.45) is 0 Å². The van der Waals surface area contributed by atoms with Gasteiger partial charge in [0.25, 0.3) is 0 Å². The molecule has 0 aliphatic carbocycles. The van der Waals surface area contributed by atoms with E-state index in [4.69, 9.17) is 18.2 Å². The first-order chi connectivity index (χ1) is 25.7. The lowest BCUT2D eigenvalue weighted by atomic mass is 10.0. The van der Waals surface area contributed by atoms with E-state index in [-0.39, 0.29) is 0 Å². The van der Waals surface area contributed by atoms with Gasteiger partial charge in [-0.2, -0.15) is 0 Å². The number of aromatic nitrogens is 1. The zero-order valence-electron chi connectivity index (χ0n) is 27.8. The highest BCUT2D eigenvalue weighted by Crippen LogP contribution is 2.45. The second kappa shape index (κ2) is 11.2. The molecule has 0 aliphatic rings. The molecule has 0 spiro atoms. The minimum atomic E-state index is 0.572. The Morgan fingerprint density at radius 3 is 2.10 bits per heavy atom. The van der Waals surface area contributed by atoms with Crippen LogP contribution in [0.5, 0.6) is 0 Å². The van der Waals surface area contributed by atoms with E-state index < -0.39 is 0 Å². The lowest BCUT2D eigenvalue weighted by molar-refractivity contribution is 0.620. The fourth-order valence-corrected chi connectivity index (χ4v) is 7.64. The predicted molar refractivity (Wildman–Crippen MR) is 212 cm³/mol. The maximum atomic E-state index is 6.61. The number of hydrogen-bond donors (Lipinski definition) is 0. The summed E-state index contributed by atoms with van der Waals surface area (Å²) in [5, 5.41) is 6.44. The number of nitrogens with zero attached hydrogens (tertiary/aromatic N) is 2. The van der Waals surface area contributed by atoms with Gasteiger partial charge in [-0.1, -0.05) is 97.1 Å². The molecule has 0 radical (unpaired) electrons. The Morgan fingerprint density at radius 1 is 0.423 bits per heavy atom. The molecule has 0 bridgehead atoms. The summed E-state index contributed by atoms with van der Waals surface area (Å²) in [5.74, 6) is 0.572. The molecule has 0 N–H and O–H groups in total. The molecule has 11 rings (SSSR count). The molecule has 0 atom stereocenters. The molecule has 11 aromatic rings. The largest absolute Gasteiger partial charge is 0.456 e. The number of benzene rings is 8. The minimum Gasteiger partial charge on any atom is -0.456 e. The molecule has 0 aliphatic heterocycles. The number of fused-ring (bicyclic) bond motifs is 8. The Labute approximate surface area is 297 Å². The first-order valence-corrected chi connectivity index (χ1v) is 17.4. The molecule has 0 saturated carbocycles. The topological polar surface area (TPSA) is 55.6 Å². The third kappa shape index (κ3) is 4.46. The van der Waals surface area contributed by atoms with Crippen molar-refractivity contribution < 1.29 is 13.3 Å². The molecule has 0 fully saturated rings. The minimum absolute atomic E-state index is 0.572. The highest BCUT2D eigenvalue weighted by molar-refractivity contribution is 6.14.